The second-order valence-electron chi connectivity index (χ2n) is 4.21. The van der Waals surface area contributed by atoms with Gasteiger partial charge in [0.25, 0.3) is 0 Å². The lowest BCUT2D eigenvalue weighted by Gasteiger charge is -2.10. The summed E-state index contributed by atoms with van der Waals surface area (Å²) in [6.45, 7) is 2.93. The van der Waals surface area contributed by atoms with Crippen molar-refractivity contribution >= 4 is 17.4 Å². The molecule has 0 atom stereocenters. The molecule has 0 aliphatic rings. The molecule has 1 aromatic heterocycles. The highest BCUT2D eigenvalue weighted by atomic mass is 16.1. The molecule has 1 aromatic carbocycles. The fraction of sp³-hybridized carbons (Fsp3) is 0.133. The first-order chi connectivity index (χ1) is 9.08. The van der Waals surface area contributed by atoms with Crippen LogP contribution < -0.4 is 5.32 Å². The number of ketones is 1. The summed E-state index contributed by atoms with van der Waals surface area (Å²) < 4.78 is 0. The molecule has 1 heterocycles. The van der Waals surface area contributed by atoms with Gasteiger partial charge in [-0.25, -0.2) is 0 Å². The van der Waals surface area contributed by atoms with Crippen LogP contribution in [-0.4, -0.2) is 16.7 Å². The molecule has 0 saturated heterocycles. The van der Waals surface area contributed by atoms with E-state index in [0.29, 0.717) is 11.3 Å². The van der Waals surface area contributed by atoms with Crippen molar-refractivity contribution in [3.05, 3.63) is 48.2 Å². The van der Waals surface area contributed by atoms with Gasteiger partial charge in [0.1, 0.15) is 0 Å². The Morgan fingerprint density at radius 2 is 1.89 bits per heavy atom. The van der Waals surface area contributed by atoms with Crippen molar-refractivity contribution in [1.82, 2.24) is 4.98 Å². The number of pyridine rings is 1. The summed E-state index contributed by atoms with van der Waals surface area (Å²) >= 11 is 0. The molecular formula is C15H14N2O2. The number of Topliss-reactive ketones (excluding diaryl/α,β-unsaturated/α-hetero) is 1. The first-order valence-corrected chi connectivity index (χ1v) is 5.92. The van der Waals surface area contributed by atoms with Gasteiger partial charge in [-0.2, -0.15) is 0 Å². The minimum absolute atomic E-state index is 0.0424. The number of aromatic nitrogens is 1. The predicted octanol–water partition coefficient (Wildman–Crippen LogP) is 2.91. The average Bonchev–Trinajstić information content (AvgIpc) is 2.39. The van der Waals surface area contributed by atoms with Gasteiger partial charge in [-0.1, -0.05) is 12.1 Å². The van der Waals surface area contributed by atoms with E-state index in [1.54, 1.807) is 24.4 Å². The van der Waals surface area contributed by atoms with Gasteiger partial charge in [-0.3, -0.25) is 14.6 Å². The lowest BCUT2D eigenvalue weighted by molar-refractivity contribution is -0.114. The fourth-order valence-electron chi connectivity index (χ4n) is 1.80. The second kappa shape index (κ2) is 5.44. The van der Waals surface area contributed by atoms with Crippen LogP contribution in [0.4, 0.5) is 5.69 Å². The van der Waals surface area contributed by atoms with Crippen molar-refractivity contribution < 1.29 is 9.59 Å². The molecule has 2 rings (SSSR count). The van der Waals surface area contributed by atoms with Crippen molar-refractivity contribution in [2.75, 3.05) is 5.32 Å². The first-order valence-electron chi connectivity index (χ1n) is 5.92. The molecule has 0 spiro atoms. The number of nitrogens with zero attached hydrogens (tertiary/aromatic N) is 1. The molecule has 0 aliphatic heterocycles. The third kappa shape index (κ3) is 3.04. The molecule has 0 bridgehead atoms. The van der Waals surface area contributed by atoms with E-state index in [2.05, 4.69) is 10.3 Å². The van der Waals surface area contributed by atoms with Crippen molar-refractivity contribution in [3.63, 3.8) is 0 Å². The largest absolute Gasteiger partial charge is 0.326 e. The monoisotopic (exact) mass is 254 g/mol. The molecule has 0 radical (unpaired) electrons. The molecule has 0 unspecified atom stereocenters. The standard InChI is InChI=1S/C15H14N2O2/c1-10(18)12-6-7-13(14-5-3-4-8-16-14)15(9-12)17-11(2)19/h3-9H,1-2H3,(H,17,19). The van der Waals surface area contributed by atoms with E-state index in [9.17, 15) is 9.59 Å². The molecule has 96 valence electrons. The van der Waals surface area contributed by atoms with Crippen LogP contribution in [0.5, 0.6) is 0 Å². The number of amides is 1. The zero-order chi connectivity index (χ0) is 13.8. The van der Waals surface area contributed by atoms with E-state index in [1.165, 1.54) is 13.8 Å². The van der Waals surface area contributed by atoms with E-state index in [4.69, 9.17) is 0 Å². The number of carbonyl (C=O) groups is 2. The van der Waals surface area contributed by atoms with Gasteiger partial charge < -0.3 is 5.32 Å². The van der Waals surface area contributed by atoms with E-state index >= 15 is 0 Å². The molecule has 0 aliphatic carbocycles. The Kier molecular flexibility index (Phi) is 3.71. The highest BCUT2D eigenvalue weighted by Crippen LogP contribution is 2.27. The first kappa shape index (κ1) is 13.0. The summed E-state index contributed by atoms with van der Waals surface area (Å²) in [5, 5.41) is 2.74. The van der Waals surface area contributed by atoms with E-state index in [0.717, 1.165) is 11.3 Å². The average molecular weight is 254 g/mol. The Hall–Kier alpha value is -2.49. The highest BCUT2D eigenvalue weighted by molar-refractivity contribution is 5.99. The van der Waals surface area contributed by atoms with Crippen LogP contribution in [0.25, 0.3) is 11.3 Å². The lowest BCUT2D eigenvalue weighted by Crippen LogP contribution is -2.08. The van der Waals surface area contributed by atoms with Crippen molar-refractivity contribution in [2.24, 2.45) is 0 Å². The molecule has 0 saturated carbocycles. The molecule has 1 N–H and O–H groups in total. The Labute approximate surface area is 111 Å². The summed E-state index contributed by atoms with van der Waals surface area (Å²) in [6, 6.07) is 10.8. The van der Waals surface area contributed by atoms with Crippen LogP contribution in [0.1, 0.15) is 24.2 Å². The Morgan fingerprint density at radius 3 is 2.47 bits per heavy atom. The van der Waals surface area contributed by atoms with Crippen LogP contribution in [0, 0.1) is 0 Å². The molecule has 2 aromatic rings. The summed E-state index contributed by atoms with van der Waals surface area (Å²) in [4.78, 5) is 26.9. The van der Waals surface area contributed by atoms with E-state index < -0.39 is 0 Å². The molecule has 19 heavy (non-hydrogen) atoms. The molecule has 4 nitrogen and oxygen atoms in total. The minimum atomic E-state index is -0.183. The summed E-state index contributed by atoms with van der Waals surface area (Å²) in [5.41, 5.74) is 2.70. The van der Waals surface area contributed by atoms with Gasteiger partial charge in [-0.15, -0.1) is 0 Å². The number of hydrogen-bond donors (Lipinski definition) is 1. The quantitative estimate of drug-likeness (QED) is 0.857. The van der Waals surface area contributed by atoms with Gasteiger partial charge in [0, 0.05) is 24.2 Å². The highest BCUT2D eigenvalue weighted by Gasteiger charge is 2.10. The zero-order valence-electron chi connectivity index (χ0n) is 10.8. The lowest BCUT2D eigenvalue weighted by atomic mass is 10.0. The summed E-state index contributed by atoms with van der Waals surface area (Å²) in [7, 11) is 0. The van der Waals surface area contributed by atoms with Crippen LogP contribution in [0.15, 0.2) is 42.6 Å². The van der Waals surface area contributed by atoms with E-state index in [-0.39, 0.29) is 11.7 Å². The molecular weight excluding hydrogens is 240 g/mol. The topological polar surface area (TPSA) is 59.1 Å². The maximum absolute atomic E-state index is 11.4. The zero-order valence-corrected chi connectivity index (χ0v) is 10.8. The maximum Gasteiger partial charge on any atom is 0.221 e. The number of anilines is 1. The van der Waals surface area contributed by atoms with Gasteiger partial charge in [-0.05, 0) is 31.2 Å². The van der Waals surface area contributed by atoms with Gasteiger partial charge >= 0.3 is 0 Å². The Morgan fingerprint density at radius 1 is 1.11 bits per heavy atom. The van der Waals surface area contributed by atoms with Gasteiger partial charge in [0.2, 0.25) is 5.91 Å². The van der Waals surface area contributed by atoms with Gasteiger partial charge in [0.15, 0.2) is 5.78 Å². The second-order valence-corrected chi connectivity index (χ2v) is 4.21. The normalized spacial score (nSPS) is 10.0. The Balaban J connectivity index is 2.54. The SMILES string of the molecule is CC(=O)Nc1cc(C(C)=O)ccc1-c1ccccn1. The number of benzene rings is 1. The number of hydrogen-bond acceptors (Lipinski definition) is 3. The molecule has 0 fully saturated rings. The van der Waals surface area contributed by atoms with Crippen LogP contribution in [0.2, 0.25) is 0 Å². The fourth-order valence-corrected chi connectivity index (χ4v) is 1.80. The molecule has 1 amide bonds. The summed E-state index contributed by atoms with van der Waals surface area (Å²) in [6.07, 6.45) is 1.69. The predicted molar refractivity (Wildman–Crippen MR) is 74.0 cm³/mol. The molecule has 4 heteroatoms. The third-order valence-electron chi connectivity index (χ3n) is 2.68. The minimum Gasteiger partial charge on any atom is -0.326 e. The summed E-state index contributed by atoms with van der Waals surface area (Å²) in [5.74, 6) is -0.225. The number of rotatable bonds is 3. The number of carbonyl (C=O) groups excluding carboxylic acids is 2. The van der Waals surface area contributed by atoms with Crippen LogP contribution >= 0.6 is 0 Å². The van der Waals surface area contributed by atoms with Crippen molar-refractivity contribution in [1.29, 1.82) is 0 Å². The van der Waals surface area contributed by atoms with Crippen molar-refractivity contribution in [2.45, 2.75) is 13.8 Å². The third-order valence-corrected chi connectivity index (χ3v) is 2.68. The van der Waals surface area contributed by atoms with E-state index in [1.807, 2.05) is 18.2 Å². The smallest absolute Gasteiger partial charge is 0.221 e. The van der Waals surface area contributed by atoms with Gasteiger partial charge in [0.05, 0.1) is 11.4 Å². The Bertz CT molecular complexity index is 621. The van der Waals surface area contributed by atoms with Crippen LogP contribution in [-0.2, 0) is 4.79 Å². The van der Waals surface area contributed by atoms with Crippen molar-refractivity contribution in [3.8, 4) is 11.3 Å². The van der Waals surface area contributed by atoms with Crippen LogP contribution in [0.3, 0.4) is 0 Å². The number of nitrogens with one attached hydrogen (secondary N) is 1. The maximum atomic E-state index is 11.4.